The Hall–Kier alpha value is 0.795. The molecule has 0 aromatic carbocycles. The van der Waals surface area contributed by atoms with Crippen LogP contribution >= 0.6 is 56.7 Å². The monoisotopic (exact) mass is 2480 g/mol. The number of aryl methyl sites for hydroxylation is 1. The normalized spacial score (nSPS) is 12.2. The first kappa shape index (κ1) is 143. The number of rotatable bonds is 43. The molecule has 0 aliphatic rings. The zero-order chi connectivity index (χ0) is 103. The van der Waals surface area contributed by atoms with Crippen LogP contribution in [0.15, 0.2) is 90.4 Å². The van der Waals surface area contributed by atoms with Gasteiger partial charge in [-0.2, -0.15) is 20.8 Å². The largest absolute Gasteiger partial charge is 1.00 e. The first-order valence-corrected chi connectivity index (χ1v) is 89.9. The number of hydrogen-bond acceptors (Lipinski definition) is 15. The first-order chi connectivity index (χ1) is 60.5. The number of unbranched alkanes of at least 4 members (excludes halogenated alkanes) is 9. The average Bonchev–Trinajstić information content (AvgIpc) is 0.767. The Bertz CT molecular complexity index is 4020. The van der Waals surface area contributed by atoms with Gasteiger partial charge < -0.3 is 50.1 Å². The van der Waals surface area contributed by atoms with Crippen molar-refractivity contribution in [1.29, 1.82) is 0 Å². The van der Waals surface area contributed by atoms with E-state index in [9.17, 15) is 24.0 Å². The van der Waals surface area contributed by atoms with Gasteiger partial charge in [0.05, 0.1) is 26.4 Å². The summed E-state index contributed by atoms with van der Waals surface area (Å²) in [7, 11) is -2.99. The van der Waals surface area contributed by atoms with Crippen molar-refractivity contribution < 1.29 is 63.1 Å². The molecule has 0 aliphatic carbocycles. The number of hydrogen-bond donors (Lipinski definition) is 0. The molecule has 5 heterocycles. The Morgan fingerprint density at radius 3 is 0.806 bits per heavy atom. The van der Waals surface area contributed by atoms with Crippen molar-refractivity contribution in [2.75, 3.05) is 0 Å². The Morgan fingerprint density at radius 1 is 0.358 bits per heavy atom. The number of halogens is 4. The molecule has 0 saturated carbocycles. The second kappa shape index (κ2) is 70.6. The van der Waals surface area contributed by atoms with Gasteiger partial charge in [-0.15, -0.1) is 0 Å². The van der Waals surface area contributed by atoms with Gasteiger partial charge in [-0.25, -0.2) is 0 Å². The Balaban J connectivity index is -0.000000492. The molecule has 2 radical (unpaired) electrons. The van der Waals surface area contributed by atoms with Crippen LogP contribution in [-0.4, -0.2) is 117 Å². The third-order valence-corrected chi connectivity index (χ3v) is 85.0. The van der Waals surface area contributed by atoms with Gasteiger partial charge in [-0.3, -0.25) is 24.0 Å². The smallest absolute Gasteiger partial charge is 0.538 e. The molecule has 0 atom stereocenters. The summed E-state index contributed by atoms with van der Waals surface area (Å²) in [5, 5.41) is 0.335. The van der Waals surface area contributed by atoms with Crippen molar-refractivity contribution in [2.24, 2.45) is 0 Å². The zero-order valence-corrected chi connectivity index (χ0v) is 114. The van der Waals surface area contributed by atoms with E-state index < -0.39 is 98.4 Å². The molecular formula is C105H196Br3ClLi2O15Si5Sn3. The summed E-state index contributed by atoms with van der Waals surface area (Å²) < 4.78 is 75.4. The van der Waals surface area contributed by atoms with Crippen LogP contribution in [0.2, 0.25) is 131 Å². The molecule has 768 valence electrons. The van der Waals surface area contributed by atoms with Crippen LogP contribution in [0.5, 0.6) is 5.75 Å². The molecule has 5 aromatic rings. The molecule has 5 aromatic heterocycles. The van der Waals surface area contributed by atoms with Crippen LogP contribution in [0.4, 0.5) is 0 Å². The van der Waals surface area contributed by atoms with Gasteiger partial charge in [0.1, 0.15) is 28.8 Å². The molecule has 0 aliphatic heterocycles. The summed E-state index contributed by atoms with van der Waals surface area (Å²) in [6.45, 7) is 91.0. The van der Waals surface area contributed by atoms with Gasteiger partial charge >= 0.3 is 302 Å². The van der Waals surface area contributed by atoms with E-state index in [1.54, 1.807) is 54.3 Å². The molecule has 0 N–H and O–H groups in total. The fourth-order valence-corrected chi connectivity index (χ4v) is 51.1. The molecule has 5 rings (SSSR count). The zero-order valence-electron chi connectivity index (χ0n) is 94.2. The molecule has 0 spiro atoms. The quantitative estimate of drug-likeness (QED) is 0.0264. The van der Waals surface area contributed by atoms with Crippen LogP contribution in [0.3, 0.4) is 0 Å². The molecule has 0 saturated heterocycles. The van der Waals surface area contributed by atoms with Crippen molar-refractivity contribution in [1.82, 2.24) is 0 Å². The van der Waals surface area contributed by atoms with Gasteiger partial charge in [0.2, 0.25) is 11.2 Å². The molecule has 0 amide bonds. The SMILES string of the molecule is CCC[CH2][SnH]([CH2]CCC)[CH2]CCC.CCC[CH2][Sn]([CH2]CCC)[CH2]CCC.CCC[CH2][Sn]([Cl])([CH2]CCC)[CH2]CCC.CCc1cc(=O)c(O[Si](C)(C)C(C)(C)C)c(-c2oc(CO[Si](C)(C)C(C)(C)C)cc(=O)c2C)o1.C[C-](C)C.Cc1c(Br)oc(CO[Si](C)(C)C(C)(C)C)cc1=O.Cc1c(Br)oc(CO[Si](C)(C)C(C)(C)C)cc1=O.Cc1c(Br)oc(CO[Si](C)(C)C(C)(C)C)cc1=O.[Li+].[Li]. The van der Waals surface area contributed by atoms with E-state index in [1.807, 2.05) is 6.92 Å². The van der Waals surface area contributed by atoms with Crippen LogP contribution in [-0.2, 0) is 50.6 Å². The summed E-state index contributed by atoms with van der Waals surface area (Å²) in [6, 6.07) is 7.44. The summed E-state index contributed by atoms with van der Waals surface area (Å²) in [6.07, 6.45) is 26.4. The van der Waals surface area contributed by atoms with E-state index in [4.69, 9.17) is 53.1 Å². The van der Waals surface area contributed by atoms with Gasteiger partial charge in [-0.05, 0) is 166 Å². The van der Waals surface area contributed by atoms with Crippen molar-refractivity contribution in [3.63, 3.8) is 0 Å². The second-order valence-electron chi connectivity index (χ2n) is 44.4. The van der Waals surface area contributed by atoms with Crippen molar-refractivity contribution >= 4 is 174 Å². The third kappa shape index (κ3) is 57.8. The van der Waals surface area contributed by atoms with Gasteiger partial charge in [0.15, 0.2) is 80.5 Å². The summed E-state index contributed by atoms with van der Waals surface area (Å²) in [5.41, 5.74) is 1.59. The molecule has 134 heavy (non-hydrogen) atoms. The van der Waals surface area contributed by atoms with E-state index >= 15 is 0 Å². The van der Waals surface area contributed by atoms with Crippen LogP contribution < -0.4 is 50.4 Å². The topological polar surface area (TPSA) is 197 Å². The Morgan fingerprint density at radius 2 is 0.582 bits per heavy atom. The molecule has 0 unspecified atom stereocenters. The predicted molar refractivity (Wildman–Crippen MR) is 609 cm³/mol. The summed E-state index contributed by atoms with van der Waals surface area (Å²) in [4.78, 5) is 61.0. The molecular weight excluding hydrogens is 2290 g/mol. The molecule has 0 bridgehead atoms. The summed E-state index contributed by atoms with van der Waals surface area (Å²) in [5.74, 6) is 4.55. The second-order valence-corrected chi connectivity index (χ2v) is 105. The van der Waals surface area contributed by atoms with E-state index in [1.165, 1.54) is 165 Å². The van der Waals surface area contributed by atoms with Crippen LogP contribution in [0.1, 0.15) is 360 Å². The van der Waals surface area contributed by atoms with Crippen molar-refractivity contribution in [2.45, 2.75) is 501 Å². The van der Waals surface area contributed by atoms with Crippen molar-refractivity contribution in [3.8, 4) is 17.3 Å². The van der Waals surface area contributed by atoms with Crippen LogP contribution in [0, 0.1) is 33.6 Å². The van der Waals surface area contributed by atoms with E-state index in [-0.39, 0.29) is 114 Å². The van der Waals surface area contributed by atoms with E-state index in [0.717, 1.165) is 0 Å². The fourth-order valence-electron chi connectivity index (χ4n) is 11.5. The minimum atomic E-state index is -2.37. The minimum absolute atomic E-state index is 0. The fraction of sp³-hybridized carbons (Fsp3) is 0.752. The van der Waals surface area contributed by atoms with Gasteiger partial charge in [0.25, 0.3) is 8.32 Å². The van der Waals surface area contributed by atoms with Gasteiger partial charge in [-0.1, -0.05) is 111 Å². The maximum atomic E-state index is 13.1. The Labute approximate surface area is 897 Å². The standard InChI is InChI=1S/C26H42O6Si2.3C13H21BrO3Si.10C4H9.ClH.2Li.3Sn.H/c1-13-18-14-21(28)23(32-34(11,12)26(6,7)8)24(30-18)22-17(2)20(27)15-19(31-22)16-29-33(9,10)25(3,4)5;3*1-9-11(15)7-10(17-12(9)14)8-16-18(5,6)13(2,3)4;1-4(2)3;9*1-3-4-2;;;;;;;/h14-15H,13,16H2,1-12H3;3*7H,8H2,1-6H3;1-3H3;9*1,3-4H2,2H3;1H;;;;;;/q;;;;-1;;;;;;;;;;;;+1;;;+1;/p-1. The maximum Gasteiger partial charge on any atom is 1.00 e. The minimum Gasteiger partial charge on any atom is -0.538 e. The van der Waals surface area contributed by atoms with Crippen molar-refractivity contribution in [3.05, 3.63) is 152 Å². The van der Waals surface area contributed by atoms with E-state index in [2.05, 4.69) is 300 Å². The van der Waals surface area contributed by atoms with Gasteiger partial charge in [0, 0.05) is 77.9 Å². The first-order valence-electron chi connectivity index (χ1n) is 50.3. The summed E-state index contributed by atoms with van der Waals surface area (Å²) >= 11 is 5.84. The predicted octanol–water partition coefficient (Wildman–Crippen LogP) is 33.0. The molecule has 15 nitrogen and oxygen atoms in total. The Kier molecular flexibility index (Phi) is 75.5. The average molecular weight is 2480 g/mol. The van der Waals surface area contributed by atoms with Crippen LogP contribution in [0.25, 0.3) is 11.5 Å². The molecule has 29 heteroatoms. The third-order valence-electron chi connectivity index (χ3n) is 26.5. The molecule has 0 fully saturated rings. The maximum absolute atomic E-state index is 13.1. The van der Waals surface area contributed by atoms with E-state index in [0.29, 0.717) is 91.3 Å².